The molecule has 2 aromatic heterocycles. The van der Waals surface area contributed by atoms with Gasteiger partial charge in [-0.25, -0.2) is 22.9 Å². The third-order valence-corrected chi connectivity index (χ3v) is 5.39. The van der Waals surface area contributed by atoms with E-state index in [9.17, 15) is 26.7 Å². The Morgan fingerprint density at radius 2 is 1.81 bits per heavy atom. The zero-order valence-electron chi connectivity index (χ0n) is 16.4. The van der Waals surface area contributed by atoms with Crippen LogP contribution in [-0.2, 0) is 14.8 Å². The van der Waals surface area contributed by atoms with Crippen LogP contribution in [0, 0.1) is 6.92 Å². The smallest absolute Gasteiger partial charge is 0.475 e. The maximum Gasteiger partial charge on any atom is 0.490 e. The second-order valence-electron chi connectivity index (χ2n) is 6.60. The first-order chi connectivity index (χ1) is 14.3. The Kier molecular flexibility index (Phi) is 7.41. The molecule has 0 unspecified atom stereocenters. The van der Waals surface area contributed by atoms with E-state index < -0.39 is 28.3 Å². The van der Waals surface area contributed by atoms with Gasteiger partial charge in [0.15, 0.2) is 0 Å². The molecule has 0 saturated heterocycles. The zero-order chi connectivity index (χ0) is 23.4. The van der Waals surface area contributed by atoms with Crippen LogP contribution < -0.4 is 4.72 Å². The third-order valence-electron chi connectivity index (χ3n) is 3.95. The lowest BCUT2D eigenvalue weighted by Gasteiger charge is -2.09. The van der Waals surface area contributed by atoms with Crippen molar-refractivity contribution in [1.29, 1.82) is 0 Å². The normalized spacial score (nSPS) is 12.8. The number of nitrogens with zero attached hydrogens (tertiary/aromatic N) is 1. The number of H-pyrrole nitrogens is 1. The van der Waals surface area contributed by atoms with Crippen LogP contribution in [0.5, 0.6) is 0 Å². The molecule has 0 aliphatic carbocycles. The summed E-state index contributed by atoms with van der Waals surface area (Å²) in [5, 5.41) is 17.3. The van der Waals surface area contributed by atoms with Crippen LogP contribution in [0.4, 0.5) is 13.2 Å². The number of carboxylic acids is 1. The number of carbonyl (C=O) groups is 1. The molecular formula is C19H20F3N3O5S. The van der Waals surface area contributed by atoms with E-state index in [1.165, 1.54) is 6.92 Å². The number of aliphatic hydroxyl groups is 1. The van der Waals surface area contributed by atoms with Crippen LogP contribution in [0.3, 0.4) is 0 Å². The Balaban J connectivity index is 0.000000423. The molecule has 0 fully saturated rings. The van der Waals surface area contributed by atoms with Gasteiger partial charge in [0, 0.05) is 23.8 Å². The molecule has 0 spiro atoms. The summed E-state index contributed by atoms with van der Waals surface area (Å²) in [5.41, 5.74) is 3.73. The van der Waals surface area contributed by atoms with Crippen LogP contribution >= 0.6 is 0 Å². The number of aryl methyl sites for hydroxylation is 1. The monoisotopic (exact) mass is 459 g/mol. The van der Waals surface area contributed by atoms with Crippen molar-refractivity contribution in [3.63, 3.8) is 0 Å². The Hall–Kier alpha value is -2.96. The zero-order valence-corrected chi connectivity index (χ0v) is 17.3. The summed E-state index contributed by atoms with van der Waals surface area (Å²) in [5.74, 6) is -2.76. The van der Waals surface area contributed by atoms with Crippen LogP contribution in [0.15, 0.2) is 47.5 Å². The molecule has 1 atom stereocenters. The maximum absolute atomic E-state index is 12.2. The fraction of sp³-hybridized carbons (Fsp3) is 0.263. The number of aromatic amines is 1. The molecule has 0 radical (unpaired) electrons. The maximum atomic E-state index is 12.2. The lowest BCUT2D eigenvalue weighted by molar-refractivity contribution is -0.192. The van der Waals surface area contributed by atoms with E-state index in [2.05, 4.69) is 14.7 Å². The lowest BCUT2D eigenvalue weighted by Crippen LogP contribution is -2.30. The van der Waals surface area contributed by atoms with Crippen molar-refractivity contribution < 1.29 is 36.6 Å². The number of aromatic nitrogens is 2. The molecule has 31 heavy (non-hydrogen) atoms. The van der Waals surface area contributed by atoms with Crippen LogP contribution in [0.2, 0.25) is 0 Å². The molecule has 0 aliphatic rings. The number of alkyl halides is 3. The van der Waals surface area contributed by atoms with Gasteiger partial charge in [0.1, 0.15) is 5.65 Å². The van der Waals surface area contributed by atoms with E-state index >= 15 is 0 Å². The third kappa shape index (κ3) is 6.51. The molecule has 8 nitrogen and oxygen atoms in total. The summed E-state index contributed by atoms with van der Waals surface area (Å²) in [6.45, 7) is 3.48. The fourth-order valence-electron chi connectivity index (χ4n) is 2.54. The van der Waals surface area contributed by atoms with E-state index in [0.29, 0.717) is 0 Å². The molecule has 3 rings (SSSR count). The molecule has 168 valence electrons. The van der Waals surface area contributed by atoms with Gasteiger partial charge in [0.25, 0.3) is 0 Å². The summed E-state index contributed by atoms with van der Waals surface area (Å²) in [4.78, 5) is 16.6. The SMILES string of the molecule is Cc1cc2c(-c3ccc(S(=O)(=O)NC[C@@H](C)O)cc3)ccnc2[nH]1.O=C(O)C(F)(F)F. The molecule has 1 aromatic carbocycles. The van der Waals surface area contributed by atoms with Gasteiger partial charge >= 0.3 is 12.1 Å². The largest absolute Gasteiger partial charge is 0.490 e. The minimum Gasteiger partial charge on any atom is -0.475 e. The van der Waals surface area contributed by atoms with E-state index in [1.54, 1.807) is 30.5 Å². The summed E-state index contributed by atoms with van der Waals surface area (Å²) in [7, 11) is -3.62. The average Bonchev–Trinajstić information content (AvgIpc) is 3.06. The van der Waals surface area contributed by atoms with Crippen molar-refractivity contribution in [3.8, 4) is 11.1 Å². The number of aliphatic carboxylic acids is 1. The fourth-order valence-corrected chi connectivity index (χ4v) is 3.66. The average molecular weight is 459 g/mol. The molecule has 3 aromatic rings. The number of aliphatic hydroxyl groups excluding tert-OH is 1. The van der Waals surface area contributed by atoms with E-state index in [-0.39, 0.29) is 11.4 Å². The van der Waals surface area contributed by atoms with Gasteiger partial charge in [0.05, 0.1) is 11.0 Å². The van der Waals surface area contributed by atoms with Gasteiger partial charge in [-0.05, 0) is 49.2 Å². The number of hydrogen-bond acceptors (Lipinski definition) is 5. The number of halogens is 3. The molecule has 0 saturated carbocycles. The number of fused-ring (bicyclic) bond motifs is 1. The predicted molar refractivity (Wildman–Crippen MR) is 107 cm³/mol. The van der Waals surface area contributed by atoms with E-state index in [4.69, 9.17) is 9.90 Å². The summed E-state index contributed by atoms with van der Waals surface area (Å²) < 4.78 is 58.4. The van der Waals surface area contributed by atoms with Crippen molar-refractivity contribution in [1.82, 2.24) is 14.7 Å². The summed E-state index contributed by atoms with van der Waals surface area (Å²) >= 11 is 0. The Labute approximate surface area is 175 Å². The Bertz CT molecular complexity index is 1160. The molecular weight excluding hydrogens is 439 g/mol. The first-order valence-electron chi connectivity index (χ1n) is 8.84. The highest BCUT2D eigenvalue weighted by Gasteiger charge is 2.38. The van der Waals surface area contributed by atoms with Crippen molar-refractivity contribution >= 4 is 27.0 Å². The quantitative estimate of drug-likeness (QED) is 0.464. The van der Waals surface area contributed by atoms with Crippen molar-refractivity contribution in [2.45, 2.75) is 31.0 Å². The van der Waals surface area contributed by atoms with Crippen molar-refractivity contribution in [2.24, 2.45) is 0 Å². The molecule has 0 amide bonds. The first kappa shape index (κ1) is 24.3. The molecule has 2 heterocycles. The van der Waals surface area contributed by atoms with Crippen LogP contribution in [-0.4, -0.2) is 53.4 Å². The lowest BCUT2D eigenvalue weighted by atomic mass is 10.0. The van der Waals surface area contributed by atoms with Crippen molar-refractivity contribution in [3.05, 3.63) is 48.3 Å². The van der Waals surface area contributed by atoms with Crippen LogP contribution in [0.25, 0.3) is 22.2 Å². The number of carboxylic acid groups (broad SMARTS) is 1. The summed E-state index contributed by atoms with van der Waals surface area (Å²) in [6.07, 6.45) is -4.09. The Morgan fingerprint density at radius 1 is 1.23 bits per heavy atom. The van der Waals surface area contributed by atoms with Gasteiger partial charge in [-0.15, -0.1) is 0 Å². The van der Waals surface area contributed by atoms with Gasteiger partial charge in [-0.2, -0.15) is 13.2 Å². The Morgan fingerprint density at radius 3 is 2.32 bits per heavy atom. The highest BCUT2D eigenvalue weighted by molar-refractivity contribution is 7.89. The summed E-state index contributed by atoms with van der Waals surface area (Å²) in [6, 6.07) is 10.6. The van der Waals surface area contributed by atoms with E-state index in [0.717, 1.165) is 27.9 Å². The minimum atomic E-state index is -5.08. The number of pyridine rings is 1. The van der Waals surface area contributed by atoms with Crippen molar-refractivity contribution in [2.75, 3.05) is 6.54 Å². The van der Waals surface area contributed by atoms with E-state index in [1.807, 2.05) is 19.1 Å². The topological polar surface area (TPSA) is 132 Å². The van der Waals surface area contributed by atoms with Gasteiger partial charge in [-0.1, -0.05) is 12.1 Å². The highest BCUT2D eigenvalue weighted by Crippen LogP contribution is 2.28. The highest BCUT2D eigenvalue weighted by atomic mass is 32.2. The second kappa shape index (κ2) is 9.45. The van der Waals surface area contributed by atoms with Crippen LogP contribution in [0.1, 0.15) is 12.6 Å². The van der Waals surface area contributed by atoms with Gasteiger partial charge < -0.3 is 15.2 Å². The standard InChI is InChI=1S/C17H19N3O3S.C2HF3O2/c1-11-9-16-15(7-8-18-17(16)20-11)13-3-5-14(6-4-13)24(22,23)19-10-12(2)21;3-2(4,5)1(6)7/h3-9,12,19,21H,10H2,1-2H3,(H,18,20);(H,6,7)/t12-;/m1./s1. The number of sulfonamides is 1. The predicted octanol–water partition coefficient (Wildman–Crippen LogP) is 2.83. The number of hydrogen-bond donors (Lipinski definition) is 4. The number of nitrogens with one attached hydrogen (secondary N) is 2. The molecule has 0 aliphatic heterocycles. The molecule has 12 heteroatoms. The number of rotatable bonds is 5. The van der Waals surface area contributed by atoms with Gasteiger partial charge in [0.2, 0.25) is 10.0 Å². The van der Waals surface area contributed by atoms with Gasteiger partial charge in [-0.3, -0.25) is 0 Å². The molecule has 4 N–H and O–H groups in total. The first-order valence-corrected chi connectivity index (χ1v) is 10.3. The number of benzene rings is 1. The molecule has 0 bridgehead atoms. The minimum absolute atomic E-state index is 0.0162. The second-order valence-corrected chi connectivity index (χ2v) is 8.37.